The summed E-state index contributed by atoms with van der Waals surface area (Å²) >= 11 is 0. The molecule has 2 unspecified atom stereocenters. The SMILES string of the molecule is CC1NCCC1C(=O)Nc1cccc(C2OCCO2)c1. The van der Waals surface area contributed by atoms with E-state index in [2.05, 4.69) is 10.6 Å². The number of nitrogens with one attached hydrogen (secondary N) is 2. The van der Waals surface area contributed by atoms with E-state index in [9.17, 15) is 4.79 Å². The fraction of sp³-hybridized carbons (Fsp3) is 0.533. The predicted molar refractivity (Wildman–Crippen MR) is 75.3 cm³/mol. The lowest BCUT2D eigenvalue weighted by Gasteiger charge is -2.16. The molecule has 2 atom stereocenters. The number of ether oxygens (including phenoxy) is 2. The first-order valence-electron chi connectivity index (χ1n) is 7.11. The maximum Gasteiger partial charge on any atom is 0.229 e. The van der Waals surface area contributed by atoms with E-state index in [1.165, 1.54) is 0 Å². The smallest absolute Gasteiger partial charge is 0.229 e. The molecule has 2 aliphatic rings. The van der Waals surface area contributed by atoms with Gasteiger partial charge in [0.15, 0.2) is 6.29 Å². The van der Waals surface area contributed by atoms with Crippen LogP contribution < -0.4 is 10.6 Å². The summed E-state index contributed by atoms with van der Waals surface area (Å²) in [5, 5.41) is 6.28. The van der Waals surface area contributed by atoms with Crippen LogP contribution in [0.1, 0.15) is 25.2 Å². The Balaban J connectivity index is 1.67. The molecular formula is C15H20N2O3. The van der Waals surface area contributed by atoms with E-state index < -0.39 is 0 Å². The normalized spacial score (nSPS) is 26.9. The molecule has 2 fully saturated rings. The summed E-state index contributed by atoms with van der Waals surface area (Å²) in [6, 6.07) is 7.90. The summed E-state index contributed by atoms with van der Waals surface area (Å²) in [6.45, 7) is 4.19. The van der Waals surface area contributed by atoms with Gasteiger partial charge in [0.05, 0.1) is 19.1 Å². The van der Waals surface area contributed by atoms with Gasteiger partial charge in [-0.25, -0.2) is 0 Å². The molecule has 5 heteroatoms. The molecule has 2 heterocycles. The summed E-state index contributed by atoms with van der Waals surface area (Å²) in [6.07, 6.45) is 0.584. The lowest BCUT2D eigenvalue weighted by molar-refractivity contribution is -0.120. The zero-order valence-electron chi connectivity index (χ0n) is 11.6. The third-order valence-corrected chi connectivity index (χ3v) is 3.91. The Bertz CT molecular complexity index is 486. The highest BCUT2D eigenvalue weighted by molar-refractivity contribution is 5.93. The molecule has 0 saturated carbocycles. The van der Waals surface area contributed by atoms with Crippen molar-refractivity contribution in [3.05, 3.63) is 29.8 Å². The molecule has 0 spiro atoms. The zero-order valence-corrected chi connectivity index (χ0v) is 11.6. The second kappa shape index (κ2) is 5.91. The van der Waals surface area contributed by atoms with Crippen molar-refractivity contribution in [1.29, 1.82) is 0 Å². The molecular weight excluding hydrogens is 256 g/mol. The highest BCUT2D eigenvalue weighted by Gasteiger charge is 2.29. The highest BCUT2D eigenvalue weighted by atomic mass is 16.7. The highest BCUT2D eigenvalue weighted by Crippen LogP contribution is 2.26. The largest absolute Gasteiger partial charge is 0.346 e. The molecule has 0 bridgehead atoms. The molecule has 0 aliphatic carbocycles. The van der Waals surface area contributed by atoms with Crippen molar-refractivity contribution < 1.29 is 14.3 Å². The first-order valence-corrected chi connectivity index (χ1v) is 7.11. The number of hydrogen-bond donors (Lipinski definition) is 2. The van der Waals surface area contributed by atoms with Crippen molar-refractivity contribution in [2.45, 2.75) is 25.7 Å². The molecule has 0 aromatic heterocycles. The number of benzene rings is 1. The minimum atomic E-state index is -0.307. The van der Waals surface area contributed by atoms with Crippen LogP contribution in [0.2, 0.25) is 0 Å². The third kappa shape index (κ3) is 2.85. The van der Waals surface area contributed by atoms with Crippen molar-refractivity contribution in [3.8, 4) is 0 Å². The average Bonchev–Trinajstić information content (AvgIpc) is 3.09. The average molecular weight is 276 g/mol. The van der Waals surface area contributed by atoms with Crippen LogP contribution in [0.25, 0.3) is 0 Å². The Kier molecular flexibility index (Phi) is 4.00. The number of anilines is 1. The van der Waals surface area contributed by atoms with E-state index in [0.717, 1.165) is 24.2 Å². The van der Waals surface area contributed by atoms with Crippen LogP contribution in [0.3, 0.4) is 0 Å². The summed E-state index contributed by atoms with van der Waals surface area (Å²) in [7, 11) is 0. The molecule has 1 aromatic rings. The standard InChI is InChI=1S/C15H20N2O3/c1-10-13(5-6-16-10)14(18)17-12-4-2-3-11(9-12)15-19-7-8-20-15/h2-4,9-10,13,15-16H,5-8H2,1H3,(H,17,18). The minimum absolute atomic E-state index is 0.0395. The number of carbonyl (C=O) groups is 1. The van der Waals surface area contributed by atoms with E-state index in [1.807, 2.05) is 31.2 Å². The molecule has 5 nitrogen and oxygen atoms in total. The Morgan fingerprint density at radius 3 is 2.85 bits per heavy atom. The van der Waals surface area contributed by atoms with Gasteiger partial charge < -0.3 is 20.1 Å². The monoisotopic (exact) mass is 276 g/mol. The fourth-order valence-electron chi connectivity index (χ4n) is 2.77. The zero-order chi connectivity index (χ0) is 13.9. The van der Waals surface area contributed by atoms with Gasteiger partial charge in [0, 0.05) is 17.3 Å². The molecule has 1 aromatic carbocycles. The van der Waals surface area contributed by atoms with Crippen LogP contribution in [0.15, 0.2) is 24.3 Å². The number of hydrogen-bond acceptors (Lipinski definition) is 4. The van der Waals surface area contributed by atoms with Gasteiger partial charge in [0.1, 0.15) is 0 Å². The topological polar surface area (TPSA) is 59.6 Å². The number of carbonyl (C=O) groups excluding carboxylic acids is 1. The predicted octanol–water partition coefficient (Wildman–Crippen LogP) is 1.67. The molecule has 2 aliphatic heterocycles. The van der Waals surface area contributed by atoms with Gasteiger partial charge in [-0.2, -0.15) is 0 Å². The number of rotatable bonds is 3. The quantitative estimate of drug-likeness (QED) is 0.881. The van der Waals surface area contributed by atoms with E-state index in [0.29, 0.717) is 13.2 Å². The second-order valence-corrected chi connectivity index (χ2v) is 5.33. The second-order valence-electron chi connectivity index (χ2n) is 5.33. The van der Waals surface area contributed by atoms with Crippen LogP contribution in [0, 0.1) is 5.92 Å². The van der Waals surface area contributed by atoms with Crippen LogP contribution >= 0.6 is 0 Å². The van der Waals surface area contributed by atoms with E-state index >= 15 is 0 Å². The van der Waals surface area contributed by atoms with Gasteiger partial charge in [-0.05, 0) is 32.0 Å². The van der Waals surface area contributed by atoms with Gasteiger partial charge >= 0.3 is 0 Å². The molecule has 1 amide bonds. The van der Waals surface area contributed by atoms with Crippen molar-refractivity contribution in [2.24, 2.45) is 5.92 Å². The van der Waals surface area contributed by atoms with Crippen molar-refractivity contribution in [3.63, 3.8) is 0 Å². The van der Waals surface area contributed by atoms with Gasteiger partial charge in [0.25, 0.3) is 0 Å². The Morgan fingerprint density at radius 1 is 1.35 bits per heavy atom. The molecule has 20 heavy (non-hydrogen) atoms. The maximum atomic E-state index is 12.2. The number of amides is 1. The maximum absolute atomic E-state index is 12.2. The van der Waals surface area contributed by atoms with Gasteiger partial charge in [-0.3, -0.25) is 4.79 Å². The fourth-order valence-corrected chi connectivity index (χ4v) is 2.77. The summed E-state index contributed by atoms with van der Waals surface area (Å²) in [4.78, 5) is 12.2. The van der Waals surface area contributed by atoms with Crippen molar-refractivity contribution in [2.75, 3.05) is 25.1 Å². The van der Waals surface area contributed by atoms with Crippen LogP contribution in [-0.4, -0.2) is 31.7 Å². The molecule has 2 N–H and O–H groups in total. The Hall–Kier alpha value is -1.43. The molecule has 2 saturated heterocycles. The summed E-state index contributed by atoms with van der Waals surface area (Å²) in [5.74, 6) is 0.116. The summed E-state index contributed by atoms with van der Waals surface area (Å²) < 4.78 is 10.9. The minimum Gasteiger partial charge on any atom is -0.346 e. The lowest BCUT2D eigenvalue weighted by atomic mass is 10.0. The van der Waals surface area contributed by atoms with Crippen LogP contribution in [0.5, 0.6) is 0 Å². The Morgan fingerprint density at radius 2 is 2.15 bits per heavy atom. The molecule has 3 rings (SSSR count). The third-order valence-electron chi connectivity index (χ3n) is 3.91. The first kappa shape index (κ1) is 13.5. The molecule has 108 valence electrons. The van der Waals surface area contributed by atoms with Crippen molar-refractivity contribution in [1.82, 2.24) is 5.32 Å². The van der Waals surface area contributed by atoms with E-state index in [4.69, 9.17) is 9.47 Å². The van der Waals surface area contributed by atoms with Crippen LogP contribution in [0.4, 0.5) is 5.69 Å². The van der Waals surface area contributed by atoms with E-state index in [1.54, 1.807) is 0 Å². The first-order chi connectivity index (χ1) is 9.74. The Labute approximate surface area is 118 Å². The lowest BCUT2D eigenvalue weighted by Crippen LogP contribution is -2.32. The van der Waals surface area contributed by atoms with Crippen LogP contribution in [-0.2, 0) is 14.3 Å². The van der Waals surface area contributed by atoms with E-state index in [-0.39, 0.29) is 24.2 Å². The molecule has 0 radical (unpaired) electrons. The summed E-state index contributed by atoms with van der Waals surface area (Å²) in [5.41, 5.74) is 1.74. The van der Waals surface area contributed by atoms with Crippen molar-refractivity contribution >= 4 is 11.6 Å². The van der Waals surface area contributed by atoms with Gasteiger partial charge in [-0.1, -0.05) is 12.1 Å². The van der Waals surface area contributed by atoms with Gasteiger partial charge in [0.2, 0.25) is 5.91 Å². The van der Waals surface area contributed by atoms with Gasteiger partial charge in [-0.15, -0.1) is 0 Å².